The molecule has 1 aromatic heterocycles. The van der Waals surface area contributed by atoms with Crippen LogP contribution in [0.3, 0.4) is 0 Å². The molecule has 106 valence electrons. The van der Waals surface area contributed by atoms with Crippen LogP contribution in [0.1, 0.15) is 24.3 Å². The van der Waals surface area contributed by atoms with Crippen molar-refractivity contribution in [1.82, 2.24) is 10.2 Å². The van der Waals surface area contributed by atoms with E-state index in [1.807, 2.05) is 0 Å². The van der Waals surface area contributed by atoms with Crippen LogP contribution < -0.4 is 4.90 Å². The molecule has 0 aliphatic carbocycles. The number of hydrogen-bond acceptors (Lipinski definition) is 4. The Balaban J connectivity index is 1.54. The van der Waals surface area contributed by atoms with Gasteiger partial charge in [-0.25, -0.2) is 0 Å². The topological polar surface area (TPSA) is 42.2 Å². The van der Waals surface area contributed by atoms with E-state index >= 15 is 0 Å². The highest BCUT2D eigenvalue weighted by Crippen LogP contribution is 2.25. The lowest BCUT2D eigenvalue weighted by atomic mass is 9.90. The van der Waals surface area contributed by atoms with Gasteiger partial charge in [-0.1, -0.05) is 35.4 Å². The highest BCUT2D eigenvalue weighted by molar-refractivity contribution is 6.16. The van der Waals surface area contributed by atoms with Crippen LogP contribution in [0.4, 0.5) is 6.01 Å². The Morgan fingerprint density at radius 2 is 1.90 bits per heavy atom. The maximum absolute atomic E-state index is 5.68. The van der Waals surface area contributed by atoms with Crippen LogP contribution in [0, 0.1) is 5.92 Å². The van der Waals surface area contributed by atoms with Gasteiger partial charge in [0.1, 0.15) is 5.88 Å². The van der Waals surface area contributed by atoms with Crippen LogP contribution in [0.5, 0.6) is 0 Å². The molecule has 0 bridgehead atoms. The lowest BCUT2D eigenvalue weighted by Gasteiger charge is -2.30. The molecule has 1 aliphatic heterocycles. The molecule has 1 saturated heterocycles. The molecule has 0 spiro atoms. The van der Waals surface area contributed by atoms with Gasteiger partial charge in [0.05, 0.1) is 0 Å². The normalized spacial score (nSPS) is 16.6. The van der Waals surface area contributed by atoms with Crippen LogP contribution in [0.15, 0.2) is 34.7 Å². The summed E-state index contributed by atoms with van der Waals surface area (Å²) in [6.07, 6.45) is 3.48. The van der Waals surface area contributed by atoms with Crippen molar-refractivity contribution in [2.24, 2.45) is 5.92 Å². The summed E-state index contributed by atoms with van der Waals surface area (Å²) in [5.74, 6) is 1.51. The number of rotatable bonds is 4. The van der Waals surface area contributed by atoms with Crippen LogP contribution in [-0.4, -0.2) is 23.3 Å². The fourth-order valence-corrected chi connectivity index (χ4v) is 2.81. The van der Waals surface area contributed by atoms with Crippen molar-refractivity contribution in [3.05, 3.63) is 41.8 Å². The standard InChI is InChI=1S/C15H18ClN3O/c16-11-14-17-18-15(20-14)19-8-6-13(7-9-19)10-12-4-2-1-3-5-12/h1-5,13H,6-11H2. The summed E-state index contributed by atoms with van der Waals surface area (Å²) in [5.41, 5.74) is 1.42. The average molecular weight is 292 g/mol. The van der Waals surface area contributed by atoms with Crippen molar-refractivity contribution < 1.29 is 4.42 Å². The zero-order valence-corrected chi connectivity index (χ0v) is 12.1. The Kier molecular flexibility index (Phi) is 4.21. The Labute approximate surface area is 123 Å². The molecule has 0 amide bonds. The third-order valence-corrected chi connectivity index (χ3v) is 4.05. The van der Waals surface area contributed by atoms with Crippen molar-refractivity contribution in [2.75, 3.05) is 18.0 Å². The molecular formula is C15H18ClN3O. The second kappa shape index (κ2) is 6.27. The highest BCUT2D eigenvalue weighted by atomic mass is 35.5. The lowest BCUT2D eigenvalue weighted by molar-refractivity contribution is 0.383. The summed E-state index contributed by atoms with van der Waals surface area (Å²) < 4.78 is 5.50. The lowest BCUT2D eigenvalue weighted by Crippen LogP contribution is -2.34. The Morgan fingerprint density at radius 3 is 2.55 bits per heavy atom. The molecule has 3 rings (SSSR count). The first-order chi connectivity index (χ1) is 9.85. The molecule has 1 aliphatic rings. The highest BCUT2D eigenvalue weighted by Gasteiger charge is 2.22. The second-order valence-electron chi connectivity index (χ2n) is 5.23. The quantitative estimate of drug-likeness (QED) is 0.811. The van der Waals surface area contributed by atoms with E-state index in [-0.39, 0.29) is 5.88 Å². The zero-order valence-electron chi connectivity index (χ0n) is 11.3. The number of halogens is 1. The number of piperidine rings is 1. The number of aromatic nitrogens is 2. The molecule has 1 fully saturated rings. The van der Waals surface area contributed by atoms with E-state index in [2.05, 4.69) is 45.4 Å². The number of nitrogens with zero attached hydrogens (tertiary/aromatic N) is 3. The Morgan fingerprint density at radius 1 is 1.15 bits per heavy atom. The van der Waals surface area contributed by atoms with E-state index < -0.39 is 0 Å². The molecule has 2 heterocycles. The van der Waals surface area contributed by atoms with Gasteiger partial charge in [0, 0.05) is 13.1 Å². The van der Waals surface area contributed by atoms with E-state index in [1.54, 1.807) is 0 Å². The van der Waals surface area contributed by atoms with Gasteiger partial charge >= 0.3 is 6.01 Å². The molecular weight excluding hydrogens is 274 g/mol. The van der Waals surface area contributed by atoms with Crippen molar-refractivity contribution >= 4 is 17.6 Å². The smallest absolute Gasteiger partial charge is 0.318 e. The third kappa shape index (κ3) is 3.12. The Bertz CT molecular complexity index is 535. The first kappa shape index (κ1) is 13.4. The SMILES string of the molecule is ClCc1nnc(N2CCC(Cc3ccccc3)CC2)o1. The molecule has 5 heteroatoms. The summed E-state index contributed by atoms with van der Waals surface area (Å²) in [5, 5.41) is 7.95. The number of benzene rings is 1. The van der Waals surface area contributed by atoms with E-state index in [0.717, 1.165) is 38.3 Å². The molecule has 20 heavy (non-hydrogen) atoms. The summed E-state index contributed by atoms with van der Waals surface area (Å²) in [7, 11) is 0. The first-order valence-electron chi connectivity index (χ1n) is 7.02. The summed E-state index contributed by atoms with van der Waals surface area (Å²) >= 11 is 5.68. The van der Waals surface area contributed by atoms with Gasteiger partial charge in [0.25, 0.3) is 0 Å². The predicted octanol–water partition coefficient (Wildman–Crippen LogP) is 3.27. The molecule has 4 nitrogen and oxygen atoms in total. The molecule has 0 radical (unpaired) electrons. The van der Waals surface area contributed by atoms with Crippen LogP contribution in [0.25, 0.3) is 0 Å². The minimum Gasteiger partial charge on any atom is -0.407 e. The largest absolute Gasteiger partial charge is 0.407 e. The van der Waals surface area contributed by atoms with Crippen molar-refractivity contribution in [1.29, 1.82) is 0 Å². The maximum atomic E-state index is 5.68. The molecule has 2 aromatic rings. The Hall–Kier alpha value is -1.55. The third-order valence-electron chi connectivity index (χ3n) is 3.82. The van der Waals surface area contributed by atoms with E-state index in [1.165, 1.54) is 5.56 Å². The number of hydrogen-bond donors (Lipinski definition) is 0. The van der Waals surface area contributed by atoms with Crippen LogP contribution in [-0.2, 0) is 12.3 Å². The number of alkyl halides is 1. The monoisotopic (exact) mass is 291 g/mol. The van der Waals surface area contributed by atoms with Gasteiger partial charge in [-0.3, -0.25) is 0 Å². The van der Waals surface area contributed by atoms with E-state index in [0.29, 0.717) is 11.9 Å². The van der Waals surface area contributed by atoms with Crippen LogP contribution in [0.2, 0.25) is 0 Å². The van der Waals surface area contributed by atoms with Gasteiger partial charge in [0.2, 0.25) is 5.89 Å². The number of anilines is 1. The average Bonchev–Trinajstić information content (AvgIpc) is 2.98. The summed E-state index contributed by atoms with van der Waals surface area (Å²) in [6, 6.07) is 11.3. The molecule has 0 N–H and O–H groups in total. The van der Waals surface area contributed by atoms with E-state index in [4.69, 9.17) is 16.0 Å². The zero-order chi connectivity index (χ0) is 13.8. The molecule has 1 aromatic carbocycles. The van der Waals surface area contributed by atoms with E-state index in [9.17, 15) is 0 Å². The molecule has 0 unspecified atom stereocenters. The van der Waals surface area contributed by atoms with Crippen molar-refractivity contribution in [3.8, 4) is 0 Å². The van der Waals surface area contributed by atoms with Crippen molar-refractivity contribution in [2.45, 2.75) is 25.1 Å². The van der Waals surface area contributed by atoms with Gasteiger partial charge in [-0.2, -0.15) is 0 Å². The molecule has 0 saturated carbocycles. The second-order valence-corrected chi connectivity index (χ2v) is 5.50. The van der Waals surface area contributed by atoms with Gasteiger partial charge in [0.15, 0.2) is 0 Å². The molecule has 0 atom stereocenters. The fraction of sp³-hybridized carbons (Fsp3) is 0.467. The van der Waals surface area contributed by atoms with Gasteiger partial charge in [-0.05, 0) is 30.7 Å². The van der Waals surface area contributed by atoms with Gasteiger partial charge < -0.3 is 9.32 Å². The van der Waals surface area contributed by atoms with Crippen molar-refractivity contribution in [3.63, 3.8) is 0 Å². The van der Waals surface area contributed by atoms with Crippen LogP contribution >= 0.6 is 11.6 Å². The van der Waals surface area contributed by atoms with Gasteiger partial charge in [-0.15, -0.1) is 16.7 Å². The minimum absolute atomic E-state index is 0.275. The maximum Gasteiger partial charge on any atom is 0.318 e. The first-order valence-corrected chi connectivity index (χ1v) is 7.56. The fourth-order valence-electron chi connectivity index (χ4n) is 2.70. The summed E-state index contributed by atoms with van der Waals surface area (Å²) in [4.78, 5) is 2.16. The predicted molar refractivity (Wildman–Crippen MR) is 78.9 cm³/mol. The summed E-state index contributed by atoms with van der Waals surface area (Å²) in [6.45, 7) is 1.95. The minimum atomic E-state index is 0.275.